The van der Waals surface area contributed by atoms with Crippen molar-refractivity contribution in [2.24, 2.45) is 17.6 Å². The summed E-state index contributed by atoms with van der Waals surface area (Å²) >= 11 is 12.2. The molecule has 1 aliphatic carbocycles. The molecule has 2 N–H and O–H groups in total. The Bertz CT molecular complexity index is 372. The first-order chi connectivity index (χ1) is 8.20. The molecule has 0 bridgehead atoms. The normalized spacial score (nSPS) is 18.5. The lowest BCUT2D eigenvalue weighted by Gasteiger charge is -2.22. The Balaban J connectivity index is 2.09. The molecule has 0 saturated heterocycles. The summed E-state index contributed by atoms with van der Waals surface area (Å²) in [6, 6.07) is 5.68. The minimum Gasteiger partial charge on any atom is -0.330 e. The number of hydrogen-bond donors (Lipinski definition) is 1. The highest BCUT2D eigenvalue weighted by molar-refractivity contribution is 6.33. The van der Waals surface area contributed by atoms with Gasteiger partial charge in [0.1, 0.15) is 0 Å². The third kappa shape index (κ3) is 3.37. The van der Waals surface area contributed by atoms with E-state index >= 15 is 0 Å². The summed E-state index contributed by atoms with van der Waals surface area (Å²) in [6.07, 6.45) is 6.30. The van der Waals surface area contributed by atoms with E-state index in [4.69, 9.17) is 28.9 Å². The first-order valence-corrected chi connectivity index (χ1v) is 7.10. The quantitative estimate of drug-likeness (QED) is 0.868. The van der Waals surface area contributed by atoms with Crippen LogP contribution >= 0.6 is 23.2 Å². The monoisotopic (exact) mass is 271 g/mol. The predicted molar refractivity (Wildman–Crippen MR) is 74.7 cm³/mol. The number of rotatable bonds is 4. The Labute approximate surface area is 113 Å². The topological polar surface area (TPSA) is 26.0 Å². The van der Waals surface area contributed by atoms with E-state index in [0.29, 0.717) is 5.92 Å². The van der Waals surface area contributed by atoms with Crippen LogP contribution in [0.4, 0.5) is 0 Å². The molecular formula is C14H19Cl2N. The van der Waals surface area contributed by atoms with Crippen LogP contribution in [0, 0.1) is 11.8 Å². The van der Waals surface area contributed by atoms with E-state index in [2.05, 4.69) is 0 Å². The predicted octanol–water partition coefficient (Wildman–Crippen LogP) is 4.30. The molecular weight excluding hydrogens is 253 g/mol. The summed E-state index contributed by atoms with van der Waals surface area (Å²) in [4.78, 5) is 0. The first kappa shape index (κ1) is 13.2. The average molecular weight is 272 g/mol. The maximum Gasteiger partial charge on any atom is 0.0439 e. The standard InChI is InChI=1S/C14H19Cl2N/c15-13-5-6-14(16)11(8-13)7-12(9-17)10-3-1-2-4-10/h5-6,8,10,12H,1-4,7,9,17H2. The fourth-order valence-electron chi connectivity index (χ4n) is 2.85. The summed E-state index contributed by atoms with van der Waals surface area (Å²) < 4.78 is 0. The number of halogens is 2. The molecule has 0 spiro atoms. The summed E-state index contributed by atoms with van der Waals surface area (Å²) in [5.74, 6) is 1.32. The van der Waals surface area contributed by atoms with E-state index in [0.717, 1.165) is 34.5 Å². The van der Waals surface area contributed by atoms with Crippen LogP contribution < -0.4 is 5.73 Å². The lowest BCUT2D eigenvalue weighted by atomic mass is 9.86. The van der Waals surface area contributed by atoms with Crippen molar-refractivity contribution in [1.29, 1.82) is 0 Å². The molecule has 1 aromatic carbocycles. The van der Waals surface area contributed by atoms with Gasteiger partial charge in [-0.15, -0.1) is 0 Å². The molecule has 1 nitrogen and oxygen atoms in total. The van der Waals surface area contributed by atoms with Crippen LogP contribution in [0.1, 0.15) is 31.2 Å². The summed E-state index contributed by atoms with van der Waals surface area (Å²) in [5.41, 5.74) is 7.05. The van der Waals surface area contributed by atoms with Gasteiger partial charge in [-0.2, -0.15) is 0 Å². The second-order valence-corrected chi connectivity index (χ2v) is 5.82. The van der Waals surface area contributed by atoms with Gasteiger partial charge in [0.15, 0.2) is 0 Å². The fourth-order valence-corrected chi connectivity index (χ4v) is 3.24. The van der Waals surface area contributed by atoms with Crippen LogP contribution in [-0.2, 0) is 6.42 Å². The SMILES string of the molecule is NCC(Cc1cc(Cl)ccc1Cl)C1CCCC1. The van der Waals surface area contributed by atoms with Crippen molar-refractivity contribution in [2.45, 2.75) is 32.1 Å². The third-order valence-corrected chi connectivity index (χ3v) is 4.46. The van der Waals surface area contributed by atoms with E-state index in [1.165, 1.54) is 25.7 Å². The van der Waals surface area contributed by atoms with Gasteiger partial charge in [-0.3, -0.25) is 0 Å². The van der Waals surface area contributed by atoms with Crippen LogP contribution in [-0.4, -0.2) is 6.54 Å². The van der Waals surface area contributed by atoms with Crippen LogP contribution in [0.5, 0.6) is 0 Å². The van der Waals surface area contributed by atoms with Crippen molar-refractivity contribution in [3.63, 3.8) is 0 Å². The number of hydrogen-bond acceptors (Lipinski definition) is 1. The van der Waals surface area contributed by atoms with Gasteiger partial charge in [-0.1, -0.05) is 48.9 Å². The Hall–Kier alpha value is -0.240. The average Bonchev–Trinajstić information content (AvgIpc) is 2.84. The molecule has 0 heterocycles. The van der Waals surface area contributed by atoms with E-state index < -0.39 is 0 Å². The molecule has 1 aliphatic rings. The van der Waals surface area contributed by atoms with Crippen LogP contribution in [0.15, 0.2) is 18.2 Å². The summed E-state index contributed by atoms with van der Waals surface area (Å²) in [6.45, 7) is 0.744. The molecule has 1 fully saturated rings. The maximum atomic E-state index is 6.20. The lowest BCUT2D eigenvalue weighted by molar-refractivity contribution is 0.345. The molecule has 1 saturated carbocycles. The molecule has 0 radical (unpaired) electrons. The van der Waals surface area contributed by atoms with Crippen molar-refractivity contribution in [2.75, 3.05) is 6.54 Å². The van der Waals surface area contributed by atoms with Crippen molar-refractivity contribution in [3.05, 3.63) is 33.8 Å². The maximum absolute atomic E-state index is 6.20. The highest BCUT2D eigenvalue weighted by Gasteiger charge is 2.24. The van der Waals surface area contributed by atoms with Gasteiger partial charge in [0.05, 0.1) is 0 Å². The molecule has 2 rings (SSSR count). The zero-order valence-corrected chi connectivity index (χ0v) is 11.5. The van der Waals surface area contributed by atoms with E-state index in [-0.39, 0.29) is 0 Å². The molecule has 0 aromatic heterocycles. The zero-order chi connectivity index (χ0) is 12.3. The van der Waals surface area contributed by atoms with Crippen molar-refractivity contribution < 1.29 is 0 Å². The lowest BCUT2D eigenvalue weighted by Crippen LogP contribution is -2.24. The number of benzene rings is 1. The van der Waals surface area contributed by atoms with Gasteiger partial charge in [0, 0.05) is 10.0 Å². The molecule has 0 amide bonds. The second kappa shape index (κ2) is 6.08. The summed E-state index contributed by atoms with van der Waals surface area (Å²) in [5, 5.41) is 1.57. The first-order valence-electron chi connectivity index (χ1n) is 6.34. The molecule has 1 aromatic rings. The third-order valence-electron chi connectivity index (χ3n) is 3.86. The van der Waals surface area contributed by atoms with Crippen molar-refractivity contribution in [3.8, 4) is 0 Å². The minimum absolute atomic E-state index is 0.550. The van der Waals surface area contributed by atoms with E-state index in [1.807, 2.05) is 18.2 Å². The van der Waals surface area contributed by atoms with Crippen molar-refractivity contribution in [1.82, 2.24) is 0 Å². The van der Waals surface area contributed by atoms with Gasteiger partial charge in [-0.05, 0) is 48.6 Å². The fraction of sp³-hybridized carbons (Fsp3) is 0.571. The van der Waals surface area contributed by atoms with Crippen LogP contribution in [0.2, 0.25) is 10.0 Å². The Kier molecular flexibility index (Phi) is 4.72. The van der Waals surface area contributed by atoms with Crippen LogP contribution in [0.25, 0.3) is 0 Å². The smallest absolute Gasteiger partial charge is 0.0439 e. The number of nitrogens with two attached hydrogens (primary N) is 1. The van der Waals surface area contributed by atoms with Gasteiger partial charge in [-0.25, -0.2) is 0 Å². The highest BCUT2D eigenvalue weighted by Crippen LogP contribution is 2.34. The zero-order valence-electron chi connectivity index (χ0n) is 9.96. The van der Waals surface area contributed by atoms with Crippen LogP contribution in [0.3, 0.4) is 0 Å². The minimum atomic E-state index is 0.550. The Morgan fingerprint density at radius 3 is 2.59 bits per heavy atom. The molecule has 0 aliphatic heterocycles. The summed E-state index contributed by atoms with van der Waals surface area (Å²) in [7, 11) is 0. The molecule has 1 unspecified atom stereocenters. The highest BCUT2D eigenvalue weighted by atomic mass is 35.5. The second-order valence-electron chi connectivity index (χ2n) is 4.98. The van der Waals surface area contributed by atoms with E-state index in [9.17, 15) is 0 Å². The van der Waals surface area contributed by atoms with Crippen molar-refractivity contribution >= 4 is 23.2 Å². The van der Waals surface area contributed by atoms with Gasteiger partial charge < -0.3 is 5.73 Å². The molecule has 17 heavy (non-hydrogen) atoms. The largest absolute Gasteiger partial charge is 0.330 e. The molecule has 1 atom stereocenters. The van der Waals surface area contributed by atoms with Gasteiger partial charge in [0.2, 0.25) is 0 Å². The Morgan fingerprint density at radius 2 is 1.94 bits per heavy atom. The molecule has 3 heteroatoms. The Morgan fingerprint density at radius 1 is 1.24 bits per heavy atom. The molecule has 94 valence electrons. The van der Waals surface area contributed by atoms with Gasteiger partial charge >= 0.3 is 0 Å². The van der Waals surface area contributed by atoms with Gasteiger partial charge in [0.25, 0.3) is 0 Å². The van der Waals surface area contributed by atoms with E-state index in [1.54, 1.807) is 0 Å².